The van der Waals surface area contributed by atoms with E-state index in [1.807, 2.05) is 13.8 Å². The fourth-order valence-corrected chi connectivity index (χ4v) is 1.34. The highest BCUT2D eigenvalue weighted by atomic mass is 16.1. The molecule has 0 aliphatic heterocycles. The van der Waals surface area contributed by atoms with Crippen LogP contribution in [0.15, 0.2) is 6.20 Å². The maximum Gasteiger partial charge on any atom is 0.184 e. The van der Waals surface area contributed by atoms with Gasteiger partial charge in [-0.15, -0.1) is 5.10 Å². The smallest absolute Gasteiger partial charge is 0.184 e. The lowest BCUT2D eigenvalue weighted by Gasteiger charge is -2.07. The van der Waals surface area contributed by atoms with E-state index in [1.54, 1.807) is 4.68 Å². The van der Waals surface area contributed by atoms with Crippen LogP contribution in [-0.2, 0) is 6.54 Å². The number of carbonyl (C=O) groups excluding carboxylic acids is 1. The van der Waals surface area contributed by atoms with E-state index in [9.17, 15) is 4.79 Å². The van der Waals surface area contributed by atoms with E-state index in [0.29, 0.717) is 12.1 Å². The Labute approximate surface area is 89.6 Å². The van der Waals surface area contributed by atoms with E-state index < -0.39 is 0 Å². The average molecular weight is 210 g/mol. The molecule has 1 aromatic rings. The van der Waals surface area contributed by atoms with E-state index >= 15 is 0 Å². The summed E-state index contributed by atoms with van der Waals surface area (Å²) in [4.78, 5) is 11.8. The molecule has 1 aromatic heterocycles. The number of hydrogen-bond donors (Lipinski definition) is 1. The van der Waals surface area contributed by atoms with E-state index in [1.165, 1.54) is 6.20 Å². The Morgan fingerprint density at radius 3 is 2.93 bits per heavy atom. The van der Waals surface area contributed by atoms with Gasteiger partial charge in [0, 0.05) is 19.0 Å². The number of carbonyl (C=O) groups is 1. The molecule has 1 rings (SSSR count). The first-order chi connectivity index (χ1) is 7.19. The lowest BCUT2D eigenvalue weighted by Crippen LogP contribution is -2.24. The molecule has 0 saturated heterocycles. The maximum atomic E-state index is 11.8. The van der Waals surface area contributed by atoms with E-state index in [4.69, 9.17) is 5.73 Å². The monoisotopic (exact) mass is 210 g/mol. The van der Waals surface area contributed by atoms with Crippen LogP contribution in [0.4, 0.5) is 0 Å². The van der Waals surface area contributed by atoms with Crippen LogP contribution in [0.2, 0.25) is 0 Å². The van der Waals surface area contributed by atoms with Crippen LogP contribution in [-0.4, -0.2) is 26.8 Å². The summed E-state index contributed by atoms with van der Waals surface area (Å²) in [5.74, 6) is 0.0304. The lowest BCUT2D eigenvalue weighted by atomic mass is 10.1. The van der Waals surface area contributed by atoms with Crippen LogP contribution in [0.1, 0.15) is 43.6 Å². The lowest BCUT2D eigenvalue weighted by molar-refractivity contribution is 0.0963. The summed E-state index contributed by atoms with van der Waals surface area (Å²) >= 11 is 0. The van der Waals surface area contributed by atoms with Gasteiger partial charge < -0.3 is 5.73 Å². The second-order valence-corrected chi connectivity index (χ2v) is 3.64. The molecule has 0 amide bonds. The molecule has 1 atom stereocenters. The van der Waals surface area contributed by atoms with Crippen molar-refractivity contribution >= 4 is 5.78 Å². The Kier molecular flexibility index (Phi) is 4.42. The molecular formula is C10H18N4O. The van der Waals surface area contributed by atoms with Crippen LogP contribution >= 0.6 is 0 Å². The zero-order valence-electron chi connectivity index (χ0n) is 9.31. The molecule has 0 saturated carbocycles. The van der Waals surface area contributed by atoms with Crippen molar-refractivity contribution in [1.82, 2.24) is 15.0 Å². The molecule has 0 aromatic carbocycles. The molecule has 0 aliphatic rings. The molecule has 1 unspecified atom stereocenters. The summed E-state index contributed by atoms with van der Waals surface area (Å²) in [6.45, 7) is 4.73. The molecule has 0 aliphatic carbocycles. The van der Waals surface area contributed by atoms with Gasteiger partial charge in [-0.25, -0.2) is 4.68 Å². The third-order valence-electron chi connectivity index (χ3n) is 2.31. The SMILES string of the molecule is CCCn1nncc1C(=O)CC(N)CC. The summed E-state index contributed by atoms with van der Waals surface area (Å²) < 4.78 is 1.64. The summed E-state index contributed by atoms with van der Waals surface area (Å²) in [7, 11) is 0. The highest BCUT2D eigenvalue weighted by Gasteiger charge is 2.15. The zero-order valence-corrected chi connectivity index (χ0v) is 9.31. The van der Waals surface area contributed by atoms with Crippen LogP contribution < -0.4 is 5.73 Å². The van der Waals surface area contributed by atoms with Gasteiger partial charge in [0.1, 0.15) is 5.69 Å². The molecule has 0 radical (unpaired) electrons. The first-order valence-electron chi connectivity index (χ1n) is 5.36. The Morgan fingerprint density at radius 2 is 2.33 bits per heavy atom. The number of aryl methyl sites for hydroxylation is 1. The quantitative estimate of drug-likeness (QED) is 0.711. The number of Topliss-reactive ketones (excluding diaryl/α,β-unsaturated/α-hetero) is 1. The Bertz CT molecular complexity index is 321. The fraction of sp³-hybridized carbons (Fsp3) is 0.700. The minimum absolute atomic E-state index is 0.0304. The van der Waals surface area contributed by atoms with Crippen molar-refractivity contribution in [2.75, 3.05) is 0 Å². The minimum Gasteiger partial charge on any atom is -0.327 e. The second kappa shape index (κ2) is 5.60. The summed E-state index contributed by atoms with van der Waals surface area (Å²) in [6.07, 6.45) is 3.62. The topological polar surface area (TPSA) is 73.8 Å². The number of nitrogens with two attached hydrogens (primary N) is 1. The van der Waals surface area contributed by atoms with Crippen LogP contribution in [0.5, 0.6) is 0 Å². The summed E-state index contributed by atoms with van der Waals surface area (Å²) in [5.41, 5.74) is 6.30. The molecule has 0 spiro atoms. The third-order valence-corrected chi connectivity index (χ3v) is 2.31. The van der Waals surface area contributed by atoms with Gasteiger partial charge in [-0.05, 0) is 12.8 Å². The number of rotatable bonds is 6. The minimum atomic E-state index is -0.0672. The Morgan fingerprint density at radius 1 is 1.60 bits per heavy atom. The van der Waals surface area contributed by atoms with Crippen LogP contribution in [0.25, 0.3) is 0 Å². The zero-order chi connectivity index (χ0) is 11.3. The van der Waals surface area contributed by atoms with Gasteiger partial charge >= 0.3 is 0 Å². The van der Waals surface area contributed by atoms with Gasteiger partial charge in [0.25, 0.3) is 0 Å². The molecule has 15 heavy (non-hydrogen) atoms. The van der Waals surface area contributed by atoms with Crippen molar-refractivity contribution in [2.45, 2.75) is 45.7 Å². The van der Waals surface area contributed by atoms with Crippen LogP contribution in [0.3, 0.4) is 0 Å². The molecule has 1 heterocycles. The van der Waals surface area contributed by atoms with Crippen LogP contribution in [0, 0.1) is 0 Å². The molecule has 84 valence electrons. The van der Waals surface area contributed by atoms with Crippen molar-refractivity contribution in [3.05, 3.63) is 11.9 Å². The second-order valence-electron chi connectivity index (χ2n) is 3.64. The molecular weight excluding hydrogens is 192 g/mol. The van der Waals surface area contributed by atoms with Gasteiger partial charge in [0.2, 0.25) is 0 Å². The van der Waals surface area contributed by atoms with E-state index in [0.717, 1.165) is 19.4 Å². The van der Waals surface area contributed by atoms with Crippen molar-refractivity contribution in [1.29, 1.82) is 0 Å². The van der Waals surface area contributed by atoms with Gasteiger partial charge in [-0.1, -0.05) is 19.1 Å². The van der Waals surface area contributed by atoms with E-state index in [2.05, 4.69) is 10.3 Å². The molecule has 0 fully saturated rings. The standard InChI is InChI=1S/C10H18N4O/c1-3-5-14-9(7-12-13-14)10(15)6-8(11)4-2/h7-8H,3-6,11H2,1-2H3. The number of ketones is 1. The third kappa shape index (κ3) is 3.13. The Balaban J connectivity index is 2.68. The van der Waals surface area contributed by atoms with E-state index in [-0.39, 0.29) is 11.8 Å². The molecule has 0 bridgehead atoms. The van der Waals surface area contributed by atoms with Gasteiger partial charge in [0.15, 0.2) is 5.78 Å². The predicted molar refractivity (Wildman–Crippen MR) is 57.5 cm³/mol. The predicted octanol–water partition coefficient (Wildman–Crippen LogP) is 0.998. The van der Waals surface area contributed by atoms with Gasteiger partial charge in [-0.2, -0.15) is 0 Å². The first kappa shape index (κ1) is 11.8. The first-order valence-corrected chi connectivity index (χ1v) is 5.36. The maximum absolute atomic E-state index is 11.8. The largest absolute Gasteiger partial charge is 0.327 e. The Hall–Kier alpha value is -1.23. The van der Waals surface area contributed by atoms with Gasteiger partial charge in [-0.3, -0.25) is 4.79 Å². The highest BCUT2D eigenvalue weighted by Crippen LogP contribution is 2.05. The average Bonchev–Trinajstić information content (AvgIpc) is 2.66. The molecule has 5 nitrogen and oxygen atoms in total. The van der Waals surface area contributed by atoms with Crippen molar-refractivity contribution in [3.63, 3.8) is 0 Å². The molecule has 5 heteroatoms. The van der Waals surface area contributed by atoms with Gasteiger partial charge in [0.05, 0.1) is 6.20 Å². The highest BCUT2D eigenvalue weighted by molar-refractivity contribution is 5.94. The van der Waals surface area contributed by atoms with Crippen molar-refractivity contribution < 1.29 is 4.79 Å². The summed E-state index contributed by atoms with van der Waals surface area (Å²) in [5, 5.41) is 7.61. The molecule has 2 N–H and O–H groups in total. The van der Waals surface area contributed by atoms with Crippen molar-refractivity contribution in [2.24, 2.45) is 5.73 Å². The number of nitrogens with zero attached hydrogens (tertiary/aromatic N) is 3. The number of hydrogen-bond acceptors (Lipinski definition) is 4. The number of aromatic nitrogens is 3. The fourth-order valence-electron chi connectivity index (χ4n) is 1.34. The normalized spacial score (nSPS) is 12.7. The van der Waals surface area contributed by atoms with Crippen molar-refractivity contribution in [3.8, 4) is 0 Å². The summed E-state index contributed by atoms with van der Waals surface area (Å²) in [6, 6.07) is -0.0672.